The van der Waals surface area contributed by atoms with Crippen LogP contribution in [0.3, 0.4) is 0 Å². The predicted molar refractivity (Wildman–Crippen MR) is 93.6 cm³/mol. The standard InChI is InChI=1S/C18H25N5O2/c1-14-8-20-23(9-14)7-5-18(25)21-17-12-22(10-15(17)13-24)11-16-4-2-3-6-19-16/h2-4,6,8-9,15,17,24H,5,7,10-13H2,1H3,(H,21,25)/t15-,17+/m0/s1. The second-order valence-electron chi connectivity index (χ2n) is 6.66. The Hall–Kier alpha value is -2.25. The van der Waals surface area contributed by atoms with Gasteiger partial charge >= 0.3 is 0 Å². The fourth-order valence-corrected chi connectivity index (χ4v) is 3.24. The van der Waals surface area contributed by atoms with E-state index in [-0.39, 0.29) is 24.5 Å². The summed E-state index contributed by atoms with van der Waals surface area (Å²) in [4.78, 5) is 18.8. The lowest BCUT2D eigenvalue weighted by Gasteiger charge is -2.18. The maximum atomic E-state index is 12.2. The number of likely N-dealkylation sites (tertiary alicyclic amines) is 1. The molecule has 7 heteroatoms. The monoisotopic (exact) mass is 343 g/mol. The fraction of sp³-hybridized carbons (Fsp3) is 0.500. The Morgan fingerprint density at radius 1 is 1.40 bits per heavy atom. The lowest BCUT2D eigenvalue weighted by molar-refractivity contribution is -0.122. The number of aliphatic hydroxyl groups is 1. The molecule has 2 aromatic rings. The van der Waals surface area contributed by atoms with Crippen LogP contribution in [0.1, 0.15) is 17.7 Å². The number of hydrogen-bond donors (Lipinski definition) is 2. The molecule has 0 bridgehead atoms. The number of rotatable bonds is 7. The van der Waals surface area contributed by atoms with Crippen LogP contribution in [0.5, 0.6) is 0 Å². The van der Waals surface area contributed by atoms with Crippen LogP contribution in [0.25, 0.3) is 0 Å². The van der Waals surface area contributed by atoms with E-state index in [0.29, 0.717) is 13.0 Å². The predicted octanol–water partition coefficient (Wildman–Crippen LogP) is 0.586. The Morgan fingerprint density at radius 3 is 2.96 bits per heavy atom. The van der Waals surface area contributed by atoms with Crippen molar-refractivity contribution >= 4 is 5.91 Å². The number of nitrogens with zero attached hydrogens (tertiary/aromatic N) is 4. The van der Waals surface area contributed by atoms with Crippen molar-refractivity contribution in [3.8, 4) is 0 Å². The van der Waals surface area contributed by atoms with Crippen molar-refractivity contribution in [3.63, 3.8) is 0 Å². The molecule has 0 aliphatic carbocycles. The van der Waals surface area contributed by atoms with Crippen molar-refractivity contribution in [3.05, 3.63) is 48.0 Å². The molecule has 1 saturated heterocycles. The zero-order valence-electron chi connectivity index (χ0n) is 14.5. The third-order valence-electron chi connectivity index (χ3n) is 4.54. The summed E-state index contributed by atoms with van der Waals surface area (Å²) >= 11 is 0. The van der Waals surface area contributed by atoms with Crippen molar-refractivity contribution in [1.82, 2.24) is 25.0 Å². The first-order chi connectivity index (χ1) is 12.1. The van der Waals surface area contributed by atoms with Gasteiger partial charge in [-0.3, -0.25) is 19.4 Å². The minimum Gasteiger partial charge on any atom is -0.396 e. The molecule has 3 heterocycles. The molecule has 1 amide bonds. The van der Waals surface area contributed by atoms with Crippen LogP contribution in [-0.4, -0.2) is 56.4 Å². The summed E-state index contributed by atoms with van der Waals surface area (Å²) < 4.78 is 1.78. The van der Waals surface area contributed by atoms with Gasteiger partial charge in [-0.25, -0.2) is 0 Å². The number of carbonyl (C=O) groups excluding carboxylic acids is 1. The van der Waals surface area contributed by atoms with Crippen molar-refractivity contribution in [2.45, 2.75) is 32.5 Å². The number of carbonyl (C=O) groups is 1. The summed E-state index contributed by atoms with van der Waals surface area (Å²) in [5.74, 6) is 0.0518. The van der Waals surface area contributed by atoms with Crippen LogP contribution < -0.4 is 5.32 Å². The van der Waals surface area contributed by atoms with E-state index in [0.717, 1.165) is 30.9 Å². The summed E-state index contributed by atoms with van der Waals surface area (Å²) in [6, 6.07) is 5.83. The molecule has 1 fully saturated rings. The molecule has 1 aliphatic rings. The van der Waals surface area contributed by atoms with Crippen LogP contribution in [0.2, 0.25) is 0 Å². The molecule has 3 rings (SSSR count). The zero-order chi connectivity index (χ0) is 17.6. The molecule has 0 saturated carbocycles. The van der Waals surface area contributed by atoms with Gasteiger partial charge in [0.2, 0.25) is 5.91 Å². The summed E-state index contributed by atoms with van der Waals surface area (Å²) in [7, 11) is 0. The molecule has 2 aromatic heterocycles. The van der Waals surface area contributed by atoms with Gasteiger partial charge in [-0.15, -0.1) is 0 Å². The Kier molecular flexibility index (Phi) is 5.78. The normalized spacial score (nSPS) is 20.7. The topological polar surface area (TPSA) is 83.3 Å². The minimum absolute atomic E-state index is 0.00344. The number of hydrogen-bond acceptors (Lipinski definition) is 5. The quantitative estimate of drug-likeness (QED) is 0.769. The summed E-state index contributed by atoms with van der Waals surface area (Å²) in [5, 5.41) is 16.9. The number of nitrogens with one attached hydrogen (secondary N) is 1. The summed E-state index contributed by atoms with van der Waals surface area (Å²) in [6.07, 6.45) is 5.88. The maximum absolute atomic E-state index is 12.2. The Labute approximate surface area is 147 Å². The van der Waals surface area contributed by atoms with Crippen molar-refractivity contribution < 1.29 is 9.90 Å². The van der Waals surface area contributed by atoms with E-state index >= 15 is 0 Å². The molecular formula is C18H25N5O2. The van der Waals surface area contributed by atoms with Gasteiger partial charge in [-0.2, -0.15) is 5.10 Å². The maximum Gasteiger partial charge on any atom is 0.222 e. The molecule has 0 spiro atoms. The van der Waals surface area contributed by atoms with Crippen LogP contribution in [0.4, 0.5) is 0 Å². The first kappa shape index (κ1) is 17.6. The largest absolute Gasteiger partial charge is 0.396 e. The number of aryl methyl sites for hydroxylation is 2. The number of aliphatic hydroxyl groups excluding tert-OH is 1. The highest BCUT2D eigenvalue weighted by Crippen LogP contribution is 2.18. The smallest absolute Gasteiger partial charge is 0.222 e. The molecule has 2 atom stereocenters. The lowest BCUT2D eigenvalue weighted by Crippen LogP contribution is -2.41. The van der Waals surface area contributed by atoms with E-state index in [2.05, 4.69) is 20.3 Å². The van der Waals surface area contributed by atoms with Crippen LogP contribution in [0, 0.1) is 12.8 Å². The lowest BCUT2D eigenvalue weighted by atomic mass is 10.1. The van der Waals surface area contributed by atoms with Gasteiger partial charge in [-0.1, -0.05) is 6.07 Å². The average molecular weight is 343 g/mol. The SMILES string of the molecule is Cc1cnn(CCC(=O)N[C@@H]2CN(Cc3ccccn3)C[C@H]2CO)c1. The van der Waals surface area contributed by atoms with E-state index in [4.69, 9.17) is 0 Å². The summed E-state index contributed by atoms with van der Waals surface area (Å²) in [5.41, 5.74) is 2.09. The van der Waals surface area contributed by atoms with Crippen LogP contribution in [0.15, 0.2) is 36.8 Å². The minimum atomic E-state index is -0.0273. The highest BCUT2D eigenvalue weighted by atomic mass is 16.3. The van der Waals surface area contributed by atoms with E-state index in [1.807, 2.05) is 31.3 Å². The zero-order valence-corrected chi connectivity index (χ0v) is 14.5. The third kappa shape index (κ3) is 4.87. The van der Waals surface area contributed by atoms with E-state index < -0.39 is 0 Å². The highest BCUT2D eigenvalue weighted by Gasteiger charge is 2.33. The molecule has 7 nitrogen and oxygen atoms in total. The van der Waals surface area contributed by atoms with Gasteiger partial charge in [0.15, 0.2) is 0 Å². The molecular weight excluding hydrogens is 318 g/mol. The molecule has 0 aromatic carbocycles. The molecule has 25 heavy (non-hydrogen) atoms. The summed E-state index contributed by atoms with van der Waals surface area (Å²) in [6.45, 7) is 4.83. The van der Waals surface area contributed by atoms with Crippen molar-refractivity contribution in [2.75, 3.05) is 19.7 Å². The number of pyridine rings is 1. The Balaban J connectivity index is 1.49. The van der Waals surface area contributed by atoms with Crippen LogP contribution in [-0.2, 0) is 17.9 Å². The van der Waals surface area contributed by atoms with Gasteiger partial charge < -0.3 is 10.4 Å². The van der Waals surface area contributed by atoms with Gasteiger partial charge in [0.05, 0.1) is 11.9 Å². The third-order valence-corrected chi connectivity index (χ3v) is 4.54. The second kappa shape index (κ2) is 8.22. The van der Waals surface area contributed by atoms with Gasteiger partial charge in [0.25, 0.3) is 0 Å². The highest BCUT2D eigenvalue weighted by molar-refractivity contribution is 5.76. The van der Waals surface area contributed by atoms with Gasteiger partial charge in [0, 0.05) is 63.6 Å². The van der Waals surface area contributed by atoms with E-state index in [1.54, 1.807) is 17.1 Å². The van der Waals surface area contributed by atoms with Crippen LogP contribution >= 0.6 is 0 Å². The van der Waals surface area contributed by atoms with E-state index in [1.165, 1.54) is 0 Å². The molecule has 2 N–H and O–H groups in total. The Bertz CT molecular complexity index is 688. The Morgan fingerprint density at radius 2 is 2.28 bits per heavy atom. The van der Waals surface area contributed by atoms with Gasteiger partial charge in [-0.05, 0) is 24.6 Å². The second-order valence-corrected chi connectivity index (χ2v) is 6.66. The number of amides is 1. The van der Waals surface area contributed by atoms with Crippen molar-refractivity contribution in [2.24, 2.45) is 5.92 Å². The van der Waals surface area contributed by atoms with Crippen molar-refractivity contribution in [1.29, 1.82) is 0 Å². The molecule has 0 radical (unpaired) electrons. The molecule has 1 aliphatic heterocycles. The number of aromatic nitrogens is 3. The fourth-order valence-electron chi connectivity index (χ4n) is 3.24. The van der Waals surface area contributed by atoms with Gasteiger partial charge in [0.1, 0.15) is 0 Å². The average Bonchev–Trinajstić information content (AvgIpc) is 3.19. The first-order valence-electron chi connectivity index (χ1n) is 8.65. The first-order valence-corrected chi connectivity index (χ1v) is 8.65. The molecule has 0 unspecified atom stereocenters. The van der Waals surface area contributed by atoms with E-state index in [9.17, 15) is 9.90 Å². The molecule has 134 valence electrons.